The predicted octanol–water partition coefficient (Wildman–Crippen LogP) is 3.41. The highest BCUT2D eigenvalue weighted by atomic mass is 35.5. The monoisotopic (exact) mass is 418 g/mol. The number of hydrogen-bond acceptors (Lipinski definition) is 6. The van der Waals surface area contributed by atoms with Crippen molar-refractivity contribution < 1.29 is 24.2 Å². The second-order valence-electron chi connectivity index (χ2n) is 5.94. The van der Waals surface area contributed by atoms with Gasteiger partial charge in [-0.2, -0.15) is 0 Å². The third kappa shape index (κ3) is 4.92. The van der Waals surface area contributed by atoms with Crippen molar-refractivity contribution in [3.8, 4) is 11.5 Å². The molecule has 7 nitrogen and oxygen atoms in total. The summed E-state index contributed by atoms with van der Waals surface area (Å²) in [6, 6.07) is 10.9. The van der Waals surface area contributed by atoms with Gasteiger partial charge in [0.1, 0.15) is 17.5 Å². The molecule has 3 rings (SSSR count). The molecule has 1 saturated heterocycles. The molecule has 2 aromatic rings. The summed E-state index contributed by atoms with van der Waals surface area (Å²) in [5.41, 5.74) is 6.95. The predicted molar refractivity (Wildman–Crippen MR) is 106 cm³/mol. The number of ether oxygens (including phenoxy) is 1. The smallest absolute Gasteiger partial charge is 0.320 e. The summed E-state index contributed by atoms with van der Waals surface area (Å²) in [7, 11) is 0. The average Bonchev–Trinajstić information content (AvgIpc) is 2.96. The van der Waals surface area contributed by atoms with Crippen LogP contribution in [0.15, 0.2) is 47.4 Å². The molecular weight excluding hydrogens is 404 g/mol. The fourth-order valence-corrected chi connectivity index (χ4v) is 3.33. The Morgan fingerprint density at radius 2 is 1.96 bits per heavy atom. The first-order chi connectivity index (χ1) is 13.3. The van der Waals surface area contributed by atoms with Crippen molar-refractivity contribution in [3.63, 3.8) is 0 Å². The third-order valence-corrected chi connectivity index (χ3v) is 4.93. The fraction of sp³-hybridized carbons (Fsp3) is 0.105. The van der Waals surface area contributed by atoms with Gasteiger partial charge in [0, 0.05) is 0 Å². The SMILES string of the molecule is N[C@@H](Cc1ccc(Oc2ccc(C=C3SC(=O)NC3=O)cc2Cl)cc1)C(=O)O. The Morgan fingerprint density at radius 3 is 2.54 bits per heavy atom. The molecule has 2 amide bonds. The quantitative estimate of drug-likeness (QED) is 0.615. The lowest BCUT2D eigenvalue weighted by atomic mass is 10.1. The first-order valence-electron chi connectivity index (χ1n) is 8.11. The van der Waals surface area contributed by atoms with Crippen molar-refractivity contribution in [1.82, 2.24) is 5.32 Å². The second kappa shape index (κ2) is 8.47. The number of carboxylic acid groups (broad SMARTS) is 1. The van der Waals surface area contributed by atoms with Crippen molar-refractivity contribution in [3.05, 3.63) is 63.5 Å². The van der Waals surface area contributed by atoms with Crippen molar-refractivity contribution >= 4 is 46.6 Å². The highest BCUT2D eigenvalue weighted by Gasteiger charge is 2.25. The minimum Gasteiger partial charge on any atom is -0.480 e. The summed E-state index contributed by atoms with van der Waals surface area (Å²) in [5, 5.41) is 11.0. The number of halogens is 1. The zero-order chi connectivity index (χ0) is 20.3. The lowest BCUT2D eigenvalue weighted by molar-refractivity contribution is -0.138. The third-order valence-electron chi connectivity index (χ3n) is 3.82. The van der Waals surface area contributed by atoms with E-state index < -0.39 is 23.2 Å². The zero-order valence-electron chi connectivity index (χ0n) is 14.3. The van der Waals surface area contributed by atoms with Gasteiger partial charge in [-0.15, -0.1) is 0 Å². The van der Waals surface area contributed by atoms with E-state index in [4.69, 9.17) is 27.2 Å². The summed E-state index contributed by atoms with van der Waals surface area (Å²) in [4.78, 5) is 33.9. The maximum absolute atomic E-state index is 11.6. The molecule has 9 heteroatoms. The molecule has 1 fully saturated rings. The van der Waals surface area contributed by atoms with Crippen molar-refractivity contribution in [2.45, 2.75) is 12.5 Å². The van der Waals surface area contributed by atoms with Gasteiger partial charge in [0.2, 0.25) is 0 Å². The molecular formula is C19H15ClN2O5S. The van der Waals surface area contributed by atoms with Gasteiger partial charge in [-0.3, -0.25) is 19.7 Å². The molecule has 1 atom stereocenters. The number of imide groups is 1. The van der Waals surface area contributed by atoms with Crippen molar-refractivity contribution in [1.29, 1.82) is 0 Å². The molecule has 0 aliphatic carbocycles. The van der Waals surface area contributed by atoms with Gasteiger partial charge in [0.25, 0.3) is 11.1 Å². The fourth-order valence-electron chi connectivity index (χ4n) is 2.42. The van der Waals surface area contributed by atoms with Gasteiger partial charge in [-0.1, -0.05) is 29.8 Å². The highest BCUT2D eigenvalue weighted by molar-refractivity contribution is 8.18. The molecule has 1 aliphatic rings. The van der Waals surface area contributed by atoms with Gasteiger partial charge < -0.3 is 15.6 Å². The first kappa shape index (κ1) is 19.9. The number of hydrogen-bond donors (Lipinski definition) is 3. The summed E-state index contributed by atoms with van der Waals surface area (Å²) < 4.78 is 5.74. The van der Waals surface area contributed by atoms with Crippen LogP contribution in [-0.2, 0) is 16.0 Å². The number of carbonyl (C=O) groups excluding carboxylic acids is 2. The minimum absolute atomic E-state index is 0.216. The lowest BCUT2D eigenvalue weighted by Crippen LogP contribution is -2.32. The summed E-state index contributed by atoms with van der Waals surface area (Å²) >= 11 is 7.08. The van der Waals surface area contributed by atoms with E-state index in [1.54, 1.807) is 48.5 Å². The Balaban J connectivity index is 1.70. The summed E-state index contributed by atoms with van der Waals surface area (Å²) in [6.45, 7) is 0. The van der Waals surface area contributed by atoms with E-state index in [1.807, 2.05) is 0 Å². The van der Waals surface area contributed by atoms with E-state index >= 15 is 0 Å². The number of carbonyl (C=O) groups is 3. The van der Waals surface area contributed by atoms with E-state index in [9.17, 15) is 14.4 Å². The molecule has 4 N–H and O–H groups in total. The summed E-state index contributed by atoms with van der Waals surface area (Å²) in [5.74, 6) is -0.551. The van der Waals surface area contributed by atoms with Gasteiger partial charge in [-0.25, -0.2) is 0 Å². The van der Waals surface area contributed by atoms with Crippen LogP contribution in [0.5, 0.6) is 11.5 Å². The van der Waals surface area contributed by atoms with Crippen LogP contribution in [-0.4, -0.2) is 28.3 Å². The molecule has 0 aromatic heterocycles. The molecule has 0 spiro atoms. The molecule has 1 heterocycles. The van der Waals surface area contributed by atoms with Crippen molar-refractivity contribution in [2.24, 2.45) is 5.73 Å². The van der Waals surface area contributed by atoms with Gasteiger partial charge in [-0.05, 0) is 59.7 Å². The number of carboxylic acids is 1. The van der Waals surface area contributed by atoms with Crippen LogP contribution in [0.4, 0.5) is 4.79 Å². The van der Waals surface area contributed by atoms with Crippen LogP contribution >= 0.6 is 23.4 Å². The van der Waals surface area contributed by atoms with E-state index in [2.05, 4.69) is 5.32 Å². The van der Waals surface area contributed by atoms with E-state index in [-0.39, 0.29) is 6.42 Å². The number of aliphatic carboxylic acids is 1. The van der Waals surface area contributed by atoms with Gasteiger partial charge in [0.05, 0.1) is 9.93 Å². The largest absolute Gasteiger partial charge is 0.480 e. The second-order valence-corrected chi connectivity index (χ2v) is 7.36. The zero-order valence-corrected chi connectivity index (χ0v) is 15.9. The van der Waals surface area contributed by atoms with Crippen LogP contribution < -0.4 is 15.8 Å². The minimum atomic E-state index is -1.06. The van der Waals surface area contributed by atoms with Crippen molar-refractivity contribution in [2.75, 3.05) is 0 Å². The number of thioether (sulfide) groups is 1. The Labute approximate surface area is 169 Å². The first-order valence-corrected chi connectivity index (χ1v) is 9.31. The topological polar surface area (TPSA) is 119 Å². The molecule has 0 bridgehead atoms. The molecule has 28 heavy (non-hydrogen) atoms. The lowest BCUT2D eigenvalue weighted by Gasteiger charge is -2.10. The number of rotatable bonds is 6. The standard InChI is InChI=1S/C19H15ClN2O5S/c20-13-7-11(9-16-17(23)22-19(26)28-16)3-6-15(13)27-12-4-1-10(2-5-12)8-14(21)18(24)25/h1-7,9,14H,8,21H2,(H,24,25)(H,22,23,26)/t14-/m0/s1. The van der Waals surface area contributed by atoms with E-state index in [0.29, 0.717) is 27.0 Å². The van der Waals surface area contributed by atoms with Crippen LogP contribution in [0.25, 0.3) is 6.08 Å². The number of nitrogens with one attached hydrogen (secondary N) is 1. The van der Waals surface area contributed by atoms with Crippen LogP contribution in [0.1, 0.15) is 11.1 Å². The normalized spacial score (nSPS) is 16.1. The van der Waals surface area contributed by atoms with Crippen LogP contribution in [0, 0.1) is 0 Å². The molecule has 2 aromatic carbocycles. The summed E-state index contributed by atoms with van der Waals surface area (Å²) in [6.07, 6.45) is 1.79. The van der Waals surface area contributed by atoms with Crippen LogP contribution in [0.3, 0.4) is 0 Å². The number of benzene rings is 2. The Morgan fingerprint density at radius 1 is 1.25 bits per heavy atom. The number of amides is 2. The van der Waals surface area contributed by atoms with Crippen LogP contribution in [0.2, 0.25) is 5.02 Å². The molecule has 144 valence electrons. The Hall–Kier alpha value is -2.81. The molecule has 0 radical (unpaired) electrons. The molecule has 1 aliphatic heterocycles. The van der Waals surface area contributed by atoms with Gasteiger partial charge >= 0.3 is 5.97 Å². The van der Waals surface area contributed by atoms with Gasteiger partial charge in [0.15, 0.2) is 0 Å². The Bertz CT molecular complexity index is 975. The van der Waals surface area contributed by atoms with E-state index in [0.717, 1.165) is 17.3 Å². The number of nitrogens with two attached hydrogens (primary N) is 1. The average molecular weight is 419 g/mol. The molecule has 0 saturated carbocycles. The highest BCUT2D eigenvalue weighted by Crippen LogP contribution is 2.32. The maximum Gasteiger partial charge on any atom is 0.320 e. The molecule has 0 unspecified atom stereocenters. The van der Waals surface area contributed by atoms with E-state index in [1.165, 1.54) is 0 Å². The maximum atomic E-state index is 11.6. The Kier molecular flexibility index (Phi) is 6.03.